The van der Waals surface area contributed by atoms with Gasteiger partial charge in [0.2, 0.25) is 5.91 Å². The van der Waals surface area contributed by atoms with E-state index in [9.17, 15) is 4.79 Å². The summed E-state index contributed by atoms with van der Waals surface area (Å²) in [6.45, 7) is 4.22. The number of carbonyl (C=O) groups excluding carboxylic acids is 1. The molecule has 0 aliphatic heterocycles. The fourth-order valence-corrected chi connectivity index (χ4v) is 1.87. The summed E-state index contributed by atoms with van der Waals surface area (Å²) in [6.07, 6.45) is 5.22. The van der Waals surface area contributed by atoms with E-state index in [0.29, 0.717) is 17.1 Å². The Morgan fingerprint density at radius 2 is 2.37 bits per heavy atom. The number of amides is 1. The van der Waals surface area contributed by atoms with E-state index in [1.165, 1.54) is 0 Å². The summed E-state index contributed by atoms with van der Waals surface area (Å²) < 4.78 is 1.63. The Morgan fingerprint density at radius 1 is 1.58 bits per heavy atom. The highest BCUT2D eigenvalue weighted by Gasteiger charge is 2.07. The van der Waals surface area contributed by atoms with E-state index < -0.39 is 5.91 Å². The van der Waals surface area contributed by atoms with Crippen molar-refractivity contribution in [2.24, 2.45) is 5.73 Å². The van der Waals surface area contributed by atoms with E-state index in [2.05, 4.69) is 17.0 Å². The van der Waals surface area contributed by atoms with Gasteiger partial charge in [-0.05, 0) is 18.2 Å². The van der Waals surface area contributed by atoms with E-state index in [4.69, 9.17) is 17.3 Å². The number of aromatic nitrogens is 2. The Bertz CT molecular complexity index is 621. The molecule has 0 aliphatic carbocycles. The standard InChI is InChI=1S/C13H13ClN4O/c1-2-18-8-9(7-17-18)6-16-10-3-4-11(13(15)19)12(14)5-10/h2-5,7-8,16H,1,6H2,(H2,15,19). The molecule has 0 saturated carbocycles. The highest BCUT2D eigenvalue weighted by atomic mass is 35.5. The monoisotopic (exact) mass is 276 g/mol. The maximum absolute atomic E-state index is 11.0. The first-order chi connectivity index (χ1) is 9.10. The fraction of sp³-hybridized carbons (Fsp3) is 0.0769. The minimum atomic E-state index is -0.538. The first kappa shape index (κ1) is 13.2. The molecule has 0 saturated heterocycles. The lowest BCUT2D eigenvalue weighted by Crippen LogP contribution is -2.11. The molecule has 0 bridgehead atoms. The normalized spacial score (nSPS) is 10.2. The minimum absolute atomic E-state index is 0.312. The van der Waals surface area contributed by atoms with Crippen molar-refractivity contribution in [3.8, 4) is 0 Å². The van der Waals surface area contributed by atoms with Crippen molar-refractivity contribution in [2.75, 3.05) is 5.32 Å². The van der Waals surface area contributed by atoms with Crippen molar-refractivity contribution in [3.05, 3.63) is 53.3 Å². The van der Waals surface area contributed by atoms with Gasteiger partial charge in [0.25, 0.3) is 0 Å². The van der Waals surface area contributed by atoms with Crippen LogP contribution in [0.5, 0.6) is 0 Å². The van der Waals surface area contributed by atoms with Crippen LogP contribution in [0, 0.1) is 0 Å². The molecule has 5 nitrogen and oxygen atoms in total. The number of halogens is 1. The average Bonchev–Trinajstić information content (AvgIpc) is 2.84. The molecule has 0 atom stereocenters. The first-order valence-corrected chi connectivity index (χ1v) is 5.97. The zero-order chi connectivity index (χ0) is 13.8. The number of carbonyl (C=O) groups is 1. The number of hydrogen-bond acceptors (Lipinski definition) is 3. The van der Waals surface area contributed by atoms with Gasteiger partial charge in [-0.15, -0.1) is 0 Å². The van der Waals surface area contributed by atoms with Gasteiger partial charge >= 0.3 is 0 Å². The third-order valence-electron chi connectivity index (χ3n) is 2.57. The molecular weight excluding hydrogens is 264 g/mol. The molecule has 0 radical (unpaired) electrons. The molecule has 3 N–H and O–H groups in total. The van der Waals surface area contributed by atoms with Crippen molar-refractivity contribution in [1.29, 1.82) is 0 Å². The number of nitrogens with two attached hydrogens (primary N) is 1. The van der Waals surface area contributed by atoms with E-state index in [1.54, 1.807) is 35.3 Å². The molecule has 1 aromatic carbocycles. The number of anilines is 1. The topological polar surface area (TPSA) is 72.9 Å². The summed E-state index contributed by atoms with van der Waals surface area (Å²) in [5, 5.41) is 7.59. The molecular formula is C13H13ClN4O. The van der Waals surface area contributed by atoms with E-state index in [0.717, 1.165) is 11.3 Å². The molecule has 0 unspecified atom stereocenters. The van der Waals surface area contributed by atoms with E-state index in [-0.39, 0.29) is 0 Å². The van der Waals surface area contributed by atoms with Gasteiger partial charge in [0.05, 0.1) is 16.8 Å². The first-order valence-electron chi connectivity index (χ1n) is 5.59. The zero-order valence-electron chi connectivity index (χ0n) is 10.1. The van der Waals surface area contributed by atoms with Crippen LogP contribution < -0.4 is 11.1 Å². The average molecular weight is 277 g/mol. The summed E-state index contributed by atoms with van der Waals surface area (Å²) in [7, 11) is 0. The number of rotatable bonds is 5. The van der Waals surface area contributed by atoms with Crippen LogP contribution in [-0.2, 0) is 6.54 Å². The smallest absolute Gasteiger partial charge is 0.250 e. The lowest BCUT2D eigenvalue weighted by Gasteiger charge is -2.07. The Hall–Kier alpha value is -2.27. The van der Waals surface area contributed by atoms with Gasteiger partial charge in [-0.3, -0.25) is 4.79 Å². The van der Waals surface area contributed by atoms with Gasteiger partial charge in [-0.25, -0.2) is 4.68 Å². The molecule has 19 heavy (non-hydrogen) atoms. The van der Waals surface area contributed by atoms with Gasteiger partial charge in [-0.1, -0.05) is 18.2 Å². The summed E-state index contributed by atoms with van der Waals surface area (Å²) >= 11 is 5.96. The second-order valence-electron chi connectivity index (χ2n) is 3.92. The number of nitrogens with zero attached hydrogens (tertiary/aromatic N) is 2. The van der Waals surface area contributed by atoms with Crippen LogP contribution in [0.15, 0.2) is 37.2 Å². The third-order valence-corrected chi connectivity index (χ3v) is 2.89. The fourth-order valence-electron chi connectivity index (χ4n) is 1.60. The van der Waals surface area contributed by atoms with Crippen molar-refractivity contribution < 1.29 is 4.79 Å². The van der Waals surface area contributed by atoms with Crippen molar-refractivity contribution in [1.82, 2.24) is 9.78 Å². The van der Waals surface area contributed by atoms with Gasteiger partial charge < -0.3 is 11.1 Å². The minimum Gasteiger partial charge on any atom is -0.381 e. The maximum Gasteiger partial charge on any atom is 0.250 e. The van der Waals surface area contributed by atoms with E-state index in [1.807, 2.05) is 6.20 Å². The molecule has 2 aromatic rings. The van der Waals surface area contributed by atoms with Gasteiger partial charge in [0.1, 0.15) is 0 Å². The molecule has 2 rings (SSSR count). The highest BCUT2D eigenvalue weighted by molar-refractivity contribution is 6.34. The molecule has 0 aliphatic rings. The number of nitrogens with one attached hydrogen (secondary N) is 1. The molecule has 0 fully saturated rings. The summed E-state index contributed by atoms with van der Waals surface area (Å²) in [4.78, 5) is 11.0. The molecule has 98 valence electrons. The lowest BCUT2D eigenvalue weighted by molar-refractivity contribution is 0.100. The molecule has 1 aromatic heterocycles. The molecule has 1 heterocycles. The Kier molecular flexibility index (Phi) is 3.87. The summed E-state index contributed by atoms with van der Waals surface area (Å²) in [5.41, 5.74) is 7.31. The van der Waals surface area contributed by atoms with Gasteiger partial charge in [-0.2, -0.15) is 5.10 Å². The van der Waals surface area contributed by atoms with Crippen molar-refractivity contribution in [3.63, 3.8) is 0 Å². The van der Waals surface area contributed by atoms with Crippen LogP contribution >= 0.6 is 11.6 Å². The maximum atomic E-state index is 11.0. The summed E-state index contributed by atoms with van der Waals surface area (Å²) in [6, 6.07) is 5.02. The largest absolute Gasteiger partial charge is 0.381 e. The van der Waals surface area contributed by atoms with Crippen LogP contribution in [0.1, 0.15) is 15.9 Å². The van der Waals surface area contributed by atoms with Crippen molar-refractivity contribution in [2.45, 2.75) is 6.54 Å². The molecule has 6 heteroatoms. The van der Waals surface area contributed by atoms with E-state index >= 15 is 0 Å². The predicted molar refractivity (Wildman–Crippen MR) is 75.9 cm³/mol. The predicted octanol–water partition coefficient (Wildman–Crippen LogP) is 2.35. The van der Waals surface area contributed by atoms with Crippen LogP contribution in [0.3, 0.4) is 0 Å². The van der Waals surface area contributed by atoms with Crippen LogP contribution in [-0.4, -0.2) is 15.7 Å². The van der Waals surface area contributed by atoms with Crippen LogP contribution in [0.25, 0.3) is 6.20 Å². The Balaban J connectivity index is 2.05. The summed E-state index contributed by atoms with van der Waals surface area (Å²) in [5.74, 6) is -0.538. The van der Waals surface area contributed by atoms with Crippen molar-refractivity contribution >= 4 is 29.4 Å². The second kappa shape index (κ2) is 5.58. The zero-order valence-corrected chi connectivity index (χ0v) is 10.9. The quantitative estimate of drug-likeness (QED) is 0.880. The molecule has 0 spiro atoms. The van der Waals surface area contributed by atoms with Gasteiger partial charge in [0.15, 0.2) is 0 Å². The second-order valence-corrected chi connectivity index (χ2v) is 4.33. The van der Waals surface area contributed by atoms with Crippen LogP contribution in [0.4, 0.5) is 5.69 Å². The lowest BCUT2D eigenvalue weighted by atomic mass is 10.2. The van der Waals surface area contributed by atoms with Gasteiger partial charge in [0, 0.05) is 30.2 Å². The number of hydrogen-bond donors (Lipinski definition) is 2. The number of primary amides is 1. The SMILES string of the molecule is C=Cn1cc(CNc2ccc(C(N)=O)c(Cl)c2)cn1. The Morgan fingerprint density at radius 3 is 2.95 bits per heavy atom. The number of benzene rings is 1. The van der Waals surface area contributed by atoms with Crippen LogP contribution in [0.2, 0.25) is 5.02 Å². The third kappa shape index (κ3) is 3.14. The molecule has 1 amide bonds. The highest BCUT2D eigenvalue weighted by Crippen LogP contribution is 2.21. The Labute approximate surface area is 115 Å².